The number of hydrogen-bond donors (Lipinski definition) is 1. The molecule has 6 nitrogen and oxygen atoms in total. The largest absolute Gasteiger partial charge is 0.379 e. The highest BCUT2D eigenvalue weighted by Gasteiger charge is 2.41. The molecule has 2 unspecified atom stereocenters. The quantitative estimate of drug-likeness (QED) is 0.556. The number of rotatable bonds is 6. The van der Waals surface area contributed by atoms with E-state index in [9.17, 15) is 0 Å². The number of morpholine rings is 1. The van der Waals surface area contributed by atoms with Crippen LogP contribution in [-0.2, 0) is 4.74 Å². The molecule has 4 heterocycles. The van der Waals surface area contributed by atoms with Gasteiger partial charge in [-0.05, 0) is 54.7 Å². The summed E-state index contributed by atoms with van der Waals surface area (Å²) >= 11 is 12.1. The van der Waals surface area contributed by atoms with Crippen LogP contribution >= 0.6 is 23.8 Å². The molecular formula is C24H26ClN5OS. The summed E-state index contributed by atoms with van der Waals surface area (Å²) in [6.07, 6.45) is 3.92. The fourth-order valence-corrected chi connectivity index (χ4v) is 5.05. The molecule has 2 atom stereocenters. The Kier molecular flexibility index (Phi) is 6.41. The lowest BCUT2D eigenvalue weighted by Crippen LogP contribution is -2.42. The molecule has 2 fully saturated rings. The number of hydrogen-bond acceptors (Lipinski definition) is 4. The van der Waals surface area contributed by atoms with Crippen molar-refractivity contribution in [2.75, 3.05) is 39.4 Å². The Bertz CT molecular complexity index is 1070. The number of halogens is 1. The van der Waals surface area contributed by atoms with E-state index < -0.39 is 0 Å². The molecule has 3 aromatic rings. The van der Waals surface area contributed by atoms with Crippen molar-refractivity contribution in [3.63, 3.8) is 0 Å². The van der Waals surface area contributed by atoms with Crippen molar-refractivity contribution in [2.24, 2.45) is 0 Å². The monoisotopic (exact) mass is 467 g/mol. The zero-order chi connectivity index (χ0) is 21.9. The summed E-state index contributed by atoms with van der Waals surface area (Å²) in [7, 11) is 0. The number of nitrogens with zero attached hydrogens (tertiary/aromatic N) is 4. The number of aromatic nitrogens is 2. The van der Waals surface area contributed by atoms with Gasteiger partial charge in [0.15, 0.2) is 5.11 Å². The molecule has 1 N–H and O–H groups in total. The standard InChI is InChI=1S/C24H26ClN5OS/c25-18-5-3-6-19(17-18)29-10-4-8-21(29)23-22(20-7-1-2-9-26-20)27-24(32)30(23)12-11-28-13-15-31-16-14-28/h1-10,17,22-23H,11-16H2,(H,27,32). The molecule has 0 saturated carbocycles. The molecule has 0 aliphatic carbocycles. The van der Waals surface area contributed by atoms with E-state index in [2.05, 4.69) is 55.1 Å². The van der Waals surface area contributed by atoms with E-state index in [0.717, 1.165) is 61.6 Å². The van der Waals surface area contributed by atoms with Gasteiger partial charge in [-0.1, -0.05) is 23.7 Å². The third-order valence-electron chi connectivity index (χ3n) is 6.13. The fourth-order valence-electron chi connectivity index (χ4n) is 4.54. The van der Waals surface area contributed by atoms with Gasteiger partial charge in [0, 0.05) is 55.0 Å². The minimum absolute atomic E-state index is 0.00687. The zero-order valence-electron chi connectivity index (χ0n) is 17.7. The molecule has 0 amide bonds. The first-order chi connectivity index (χ1) is 15.7. The minimum Gasteiger partial charge on any atom is -0.379 e. The average molecular weight is 468 g/mol. The molecule has 2 aliphatic heterocycles. The van der Waals surface area contributed by atoms with Crippen LogP contribution in [0.15, 0.2) is 67.0 Å². The molecule has 2 aliphatic rings. The van der Waals surface area contributed by atoms with Crippen LogP contribution in [0.5, 0.6) is 0 Å². The molecule has 2 aromatic heterocycles. The number of benzene rings is 1. The maximum absolute atomic E-state index is 6.30. The summed E-state index contributed by atoms with van der Waals surface area (Å²) in [5, 5.41) is 5.03. The Morgan fingerprint density at radius 1 is 1.06 bits per heavy atom. The van der Waals surface area contributed by atoms with Gasteiger partial charge in [-0.25, -0.2) is 0 Å². The topological polar surface area (TPSA) is 45.6 Å². The summed E-state index contributed by atoms with van der Waals surface area (Å²) in [6, 6.07) is 18.2. The summed E-state index contributed by atoms with van der Waals surface area (Å²) in [5.74, 6) is 0. The van der Waals surface area contributed by atoms with Gasteiger partial charge in [0.05, 0.1) is 31.0 Å². The molecule has 1 aromatic carbocycles. The number of thiocarbonyl (C=S) groups is 1. The lowest BCUT2D eigenvalue weighted by molar-refractivity contribution is 0.0349. The van der Waals surface area contributed by atoms with Crippen molar-refractivity contribution < 1.29 is 4.74 Å². The molecule has 32 heavy (non-hydrogen) atoms. The Labute approximate surface area is 198 Å². The van der Waals surface area contributed by atoms with Crippen LogP contribution in [-0.4, -0.2) is 63.9 Å². The van der Waals surface area contributed by atoms with Crippen molar-refractivity contribution >= 4 is 28.9 Å². The third-order valence-corrected chi connectivity index (χ3v) is 6.72. The lowest BCUT2D eigenvalue weighted by Gasteiger charge is -2.32. The van der Waals surface area contributed by atoms with Crippen LogP contribution in [0.2, 0.25) is 5.02 Å². The highest BCUT2D eigenvalue weighted by Crippen LogP contribution is 2.39. The van der Waals surface area contributed by atoms with Gasteiger partial charge in [0.1, 0.15) is 0 Å². The SMILES string of the molecule is S=C1NC(c2ccccn2)C(c2cccn2-c2cccc(Cl)c2)N1CCN1CCOCC1. The second-order valence-electron chi connectivity index (χ2n) is 8.06. The normalized spacial score (nSPS) is 21.7. The molecule has 166 valence electrons. The average Bonchev–Trinajstić information content (AvgIpc) is 3.43. The van der Waals surface area contributed by atoms with E-state index in [1.807, 2.05) is 36.5 Å². The Morgan fingerprint density at radius 3 is 2.72 bits per heavy atom. The van der Waals surface area contributed by atoms with Crippen LogP contribution in [0.25, 0.3) is 5.69 Å². The minimum atomic E-state index is -0.0405. The van der Waals surface area contributed by atoms with E-state index in [0.29, 0.717) is 5.02 Å². The van der Waals surface area contributed by atoms with Gasteiger partial charge in [-0.3, -0.25) is 9.88 Å². The summed E-state index contributed by atoms with van der Waals surface area (Å²) in [6.45, 7) is 5.28. The Balaban J connectivity index is 1.50. The van der Waals surface area contributed by atoms with Gasteiger partial charge < -0.3 is 19.5 Å². The number of ether oxygens (including phenoxy) is 1. The predicted molar refractivity (Wildman–Crippen MR) is 130 cm³/mol. The van der Waals surface area contributed by atoms with Crippen molar-refractivity contribution in [2.45, 2.75) is 12.1 Å². The first-order valence-electron chi connectivity index (χ1n) is 10.9. The van der Waals surface area contributed by atoms with Crippen LogP contribution in [0.4, 0.5) is 0 Å². The summed E-state index contributed by atoms with van der Waals surface area (Å²) in [4.78, 5) is 9.39. The smallest absolute Gasteiger partial charge is 0.170 e. The number of nitrogens with one attached hydrogen (secondary N) is 1. The van der Waals surface area contributed by atoms with Crippen molar-refractivity contribution in [1.82, 2.24) is 24.7 Å². The van der Waals surface area contributed by atoms with Gasteiger partial charge in [0.25, 0.3) is 0 Å². The zero-order valence-corrected chi connectivity index (χ0v) is 19.3. The van der Waals surface area contributed by atoms with Gasteiger partial charge in [-0.15, -0.1) is 0 Å². The van der Waals surface area contributed by atoms with E-state index in [1.165, 1.54) is 0 Å². The van der Waals surface area contributed by atoms with Crippen LogP contribution in [0.1, 0.15) is 23.5 Å². The van der Waals surface area contributed by atoms with E-state index in [1.54, 1.807) is 0 Å². The first-order valence-corrected chi connectivity index (χ1v) is 11.7. The second kappa shape index (κ2) is 9.58. The molecule has 0 bridgehead atoms. The van der Waals surface area contributed by atoms with Crippen LogP contribution in [0.3, 0.4) is 0 Å². The maximum atomic E-state index is 6.30. The Hall–Kier alpha value is -2.45. The first kappa shape index (κ1) is 21.4. The fraction of sp³-hybridized carbons (Fsp3) is 0.333. The van der Waals surface area contributed by atoms with E-state index >= 15 is 0 Å². The summed E-state index contributed by atoms with van der Waals surface area (Å²) in [5.41, 5.74) is 3.16. The molecule has 5 rings (SSSR count). The predicted octanol–water partition coefficient (Wildman–Crippen LogP) is 3.83. The van der Waals surface area contributed by atoms with E-state index in [-0.39, 0.29) is 12.1 Å². The molecular weight excluding hydrogens is 442 g/mol. The third kappa shape index (κ3) is 4.38. The van der Waals surface area contributed by atoms with Crippen LogP contribution in [0, 0.1) is 0 Å². The molecule has 8 heteroatoms. The highest BCUT2D eigenvalue weighted by molar-refractivity contribution is 7.80. The summed E-state index contributed by atoms with van der Waals surface area (Å²) < 4.78 is 7.70. The number of pyridine rings is 1. The second-order valence-corrected chi connectivity index (χ2v) is 8.88. The van der Waals surface area contributed by atoms with Crippen molar-refractivity contribution in [1.29, 1.82) is 0 Å². The van der Waals surface area contributed by atoms with Gasteiger partial charge in [-0.2, -0.15) is 0 Å². The molecule has 0 spiro atoms. The lowest BCUT2D eigenvalue weighted by atomic mass is 10.0. The molecule has 0 radical (unpaired) electrons. The van der Waals surface area contributed by atoms with Crippen molar-refractivity contribution in [3.8, 4) is 5.69 Å². The van der Waals surface area contributed by atoms with Crippen molar-refractivity contribution in [3.05, 3.63) is 83.4 Å². The van der Waals surface area contributed by atoms with Gasteiger partial charge >= 0.3 is 0 Å². The Morgan fingerprint density at radius 2 is 1.94 bits per heavy atom. The van der Waals surface area contributed by atoms with Crippen LogP contribution < -0.4 is 5.32 Å². The maximum Gasteiger partial charge on any atom is 0.170 e. The highest BCUT2D eigenvalue weighted by atomic mass is 35.5. The van der Waals surface area contributed by atoms with E-state index in [4.69, 9.17) is 28.6 Å². The van der Waals surface area contributed by atoms with Gasteiger partial charge in [0.2, 0.25) is 0 Å². The molecule has 2 saturated heterocycles.